The Balaban J connectivity index is 1.51. The average molecular weight is 640 g/mol. The van der Waals surface area contributed by atoms with Crippen LogP contribution >= 0.6 is 0 Å². The fourth-order valence-corrected chi connectivity index (χ4v) is 4.89. The number of benzene rings is 1. The minimum absolute atomic E-state index is 0.0582. The Bertz CT molecular complexity index is 1440. The molecular formula is C26H29F8N7O3. The second-order valence-corrected chi connectivity index (χ2v) is 10.6. The molecule has 2 amide bonds. The van der Waals surface area contributed by atoms with Gasteiger partial charge in [0.05, 0.1) is 48.9 Å². The number of rotatable bonds is 11. The lowest BCUT2D eigenvalue weighted by atomic mass is 9.81. The minimum atomic E-state index is -4.84. The summed E-state index contributed by atoms with van der Waals surface area (Å²) in [5, 5.41) is 12.9. The van der Waals surface area contributed by atoms with E-state index in [0.717, 1.165) is 11.0 Å². The van der Waals surface area contributed by atoms with Crippen LogP contribution in [0.25, 0.3) is 11.0 Å². The summed E-state index contributed by atoms with van der Waals surface area (Å²) < 4.78 is 106. The summed E-state index contributed by atoms with van der Waals surface area (Å²) >= 11 is 0. The summed E-state index contributed by atoms with van der Waals surface area (Å²) in [4.78, 5) is 33.5. The van der Waals surface area contributed by atoms with Gasteiger partial charge in [-0.3, -0.25) is 14.3 Å². The van der Waals surface area contributed by atoms with Crippen LogP contribution in [-0.4, -0.2) is 61.8 Å². The first-order valence-electron chi connectivity index (χ1n) is 13.6. The molecule has 0 radical (unpaired) electrons. The van der Waals surface area contributed by atoms with E-state index in [9.17, 15) is 44.7 Å². The quantitative estimate of drug-likeness (QED) is 0.238. The lowest BCUT2D eigenvalue weighted by molar-refractivity contribution is -0.325. The third-order valence-corrected chi connectivity index (χ3v) is 7.18. The van der Waals surface area contributed by atoms with Crippen molar-refractivity contribution in [3.8, 4) is 0 Å². The number of halogens is 8. The van der Waals surface area contributed by atoms with Gasteiger partial charge in [0.1, 0.15) is 5.82 Å². The lowest BCUT2D eigenvalue weighted by Crippen LogP contribution is -2.38. The number of aromatic amines is 1. The summed E-state index contributed by atoms with van der Waals surface area (Å²) in [5.74, 6) is -4.60. The van der Waals surface area contributed by atoms with Gasteiger partial charge < -0.3 is 15.6 Å². The first-order valence-corrected chi connectivity index (χ1v) is 13.6. The highest BCUT2D eigenvalue weighted by molar-refractivity contribution is 5.92. The third-order valence-electron chi connectivity index (χ3n) is 7.18. The first-order chi connectivity index (χ1) is 20.5. The van der Waals surface area contributed by atoms with E-state index in [1.54, 1.807) is 25.1 Å². The standard InChI is InChI=1S/C26H29F8N7O3/c1-14(36-20(42)6-9-25(29,30)31)16-2-3-17-18(12-16)38-22(37-17)21(15-4-7-24(27,28)8-5-15)39-23(43)19-13-35-41(40-19)10-11-44-26(32,33)34/h2-3,12-15,21H,4-11H2,1H3,(H,36,42)(H,37,38)(H,39,43)/t14-,21+/m1/s1. The van der Waals surface area contributed by atoms with Crippen LogP contribution in [-0.2, 0) is 16.1 Å². The SMILES string of the molecule is C[C@@H](NC(=O)CCC(F)(F)F)c1ccc2nc([C@@H](NC(=O)c3cnn(CCOC(F)(F)F)n3)C3CCC(F)(F)CC3)[nH]c2c1. The number of carbonyl (C=O) groups is 2. The lowest BCUT2D eigenvalue weighted by Gasteiger charge is -2.33. The molecule has 2 heterocycles. The number of H-pyrrole nitrogens is 1. The molecule has 0 spiro atoms. The normalized spacial score (nSPS) is 17.4. The second-order valence-electron chi connectivity index (χ2n) is 10.6. The number of nitrogens with one attached hydrogen (secondary N) is 3. The van der Waals surface area contributed by atoms with Crippen LogP contribution < -0.4 is 10.6 Å². The van der Waals surface area contributed by atoms with Crippen LogP contribution in [0.5, 0.6) is 0 Å². The van der Waals surface area contributed by atoms with Crippen LogP contribution in [0.3, 0.4) is 0 Å². The Labute approximate surface area is 244 Å². The zero-order valence-electron chi connectivity index (χ0n) is 23.2. The highest BCUT2D eigenvalue weighted by Crippen LogP contribution is 2.41. The number of ether oxygens (including phenoxy) is 1. The summed E-state index contributed by atoms with van der Waals surface area (Å²) in [6.07, 6.45) is -10.9. The molecule has 2 atom stereocenters. The molecule has 10 nitrogen and oxygen atoms in total. The van der Waals surface area contributed by atoms with Gasteiger partial charge in [-0.05, 0) is 43.4 Å². The summed E-state index contributed by atoms with van der Waals surface area (Å²) in [6.45, 7) is 0.424. The predicted molar refractivity (Wildman–Crippen MR) is 137 cm³/mol. The number of fused-ring (bicyclic) bond motifs is 1. The molecule has 242 valence electrons. The van der Waals surface area contributed by atoms with Crippen LogP contribution in [0, 0.1) is 5.92 Å². The van der Waals surface area contributed by atoms with Gasteiger partial charge in [-0.1, -0.05) is 6.07 Å². The number of carbonyl (C=O) groups excluding carboxylic acids is 2. The van der Waals surface area contributed by atoms with Crippen molar-refractivity contribution >= 4 is 22.8 Å². The van der Waals surface area contributed by atoms with Crippen LogP contribution in [0.15, 0.2) is 24.4 Å². The van der Waals surface area contributed by atoms with E-state index in [1.807, 2.05) is 0 Å². The van der Waals surface area contributed by atoms with E-state index in [1.165, 1.54) is 0 Å². The molecule has 18 heteroatoms. The molecule has 4 rings (SSSR count). The Morgan fingerprint density at radius 3 is 2.50 bits per heavy atom. The van der Waals surface area contributed by atoms with Crippen LogP contribution in [0.1, 0.15) is 79.4 Å². The molecule has 0 unspecified atom stereocenters. The topological polar surface area (TPSA) is 127 Å². The fraction of sp³-hybridized carbons (Fsp3) is 0.577. The molecule has 44 heavy (non-hydrogen) atoms. The van der Waals surface area contributed by atoms with Crippen molar-refractivity contribution in [2.24, 2.45) is 5.92 Å². The minimum Gasteiger partial charge on any atom is -0.350 e. The monoisotopic (exact) mass is 639 g/mol. The predicted octanol–water partition coefficient (Wildman–Crippen LogP) is 5.51. The van der Waals surface area contributed by atoms with E-state index >= 15 is 0 Å². The van der Waals surface area contributed by atoms with Crippen molar-refractivity contribution in [1.29, 1.82) is 0 Å². The summed E-state index contributed by atoms with van der Waals surface area (Å²) in [7, 11) is 0. The molecule has 1 saturated carbocycles. The Hall–Kier alpha value is -3.83. The maximum Gasteiger partial charge on any atom is 0.522 e. The van der Waals surface area contributed by atoms with E-state index in [-0.39, 0.29) is 30.9 Å². The molecule has 3 aromatic rings. The van der Waals surface area contributed by atoms with Crippen molar-refractivity contribution in [2.75, 3.05) is 6.61 Å². The van der Waals surface area contributed by atoms with Gasteiger partial charge in [0.2, 0.25) is 11.8 Å². The highest BCUT2D eigenvalue weighted by Gasteiger charge is 2.40. The fourth-order valence-electron chi connectivity index (χ4n) is 4.89. The third kappa shape index (κ3) is 9.33. The van der Waals surface area contributed by atoms with Crippen molar-refractivity contribution in [2.45, 2.75) is 82.5 Å². The molecule has 1 aliphatic rings. The van der Waals surface area contributed by atoms with Gasteiger partial charge in [0, 0.05) is 19.3 Å². The first kappa shape index (κ1) is 33.1. The van der Waals surface area contributed by atoms with Crippen molar-refractivity contribution in [1.82, 2.24) is 35.6 Å². The molecular weight excluding hydrogens is 610 g/mol. The summed E-state index contributed by atoms with van der Waals surface area (Å²) in [6, 6.07) is 3.32. The van der Waals surface area contributed by atoms with E-state index in [4.69, 9.17) is 0 Å². The largest absolute Gasteiger partial charge is 0.522 e. The van der Waals surface area contributed by atoms with Gasteiger partial charge in [-0.2, -0.15) is 23.1 Å². The smallest absolute Gasteiger partial charge is 0.350 e. The van der Waals surface area contributed by atoms with Crippen LogP contribution in [0.4, 0.5) is 35.1 Å². The Morgan fingerprint density at radius 1 is 1.14 bits per heavy atom. The number of amides is 2. The van der Waals surface area contributed by atoms with Gasteiger partial charge >= 0.3 is 12.5 Å². The number of nitrogens with zero attached hydrogens (tertiary/aromatic N) is 4. The van der Waals surface area contributed by atoms with E-state index in [2.05, 4.69) is 35.5 Å². The van der Waals surface area contributed by atoms with E-state index in [0.29, 0.717) is 16.6 Å². The molecule has 3 N–H and O–H groups in total. The Morgan fingerprint density at radius 2 is 1.84 bits per heavy atom. The molecule has 2 aromatic heterocycles. The van der Waals surface area contributed by atoms with Crippen LogP contribution in [0.2, 0.25) is 0 Å². The number of imidazole rings is 1. The van der Waals surface area contributed by atoms with Crippen molar-refractivity contribution < 1.29 is 49.4 Å². The van der Waals surface area contributed by atoms with Gasteiger partial charge in [0.15, 0.2) is 5.69 Å². The molecule has 0 bridgehead atoms. The zero-order chi connectivity index (χ0) is 32.3. The maximum atomic E-state index is 13.9. The molecule has 1 aliphatic carbocycles. The molecule has 1 aromatic carbocycles. The average Bonchev–Trinajstić information content (AvgIpc) is 3.56. The second kappa shape index (κ2) is 13.0. The number of hydrogen-bond donors (Lipinski definition) is 3. The zero-order valence-corrected chi connectivity index (χ0v) is 23.2. The molecule has 0 aliphatic heterocycles. The summed E-state index contributed by atoms with van der Waals surface area (Å²) in [5.41, 5.74) is 1.23. The molecule has 1 fully saturated rings. The van der Waals surface area contributed by atoms with Gasteiger partial charge in [-0.15, -0.1) is 18.3 Å². The van der Waals surface area contributed by atoms with Crippen molar-refractivity contribution in [3.63, 3.8) is 0 Å². The van der Waals surface area contributed by atoms with Gasteiger partial charge in [-0.25, -0.2) is 13.8 Å². The van der Waals surface area contributed by atoms with Crippen molar-refractivity contribution in [3.05, 3.63) is 41.5 Å². The number of aromatic nitrogens is 5. The number of alkyl halides is 8. The highest BCUT2D eigenvalue weighted by atomic mass is 19.4. The molecule has 0 saturated heterocycles. The van der Waals surface area contributed by atoms with E-state index < -0.39 is 80.6 Å². The Kier molecular flexibility index (Phi) is 9.80. The maximum absolute atomic E-state index is 13.9. The van der Waals surface area contributed by atoms with Gasteiger partial charge in [0.25, 0.3) is 5.91 Å². The number of hydrogen-bond acceptors (Lipinski definition) is 6.